The molecule has 0 fully saturated rings. The molecule has 1 unspecified atom stereocenters. The first-order valence-corrected chi connectivity index (χ1v) is 5.12. The van der Waals surface area contributed by atoms with E-state index in [1.54, 1.807) is 11.6 Å². The number of nitrogens with two attached hydrogens (primary N) is 1. The Labute approximate surface area is 94.8 Å². The molecule has 1 aromatic heterocycles. The summed E-state index contributed by atoms with van der Waals surface area (Å²) in [4.78, 5) is 15.5. The van der Waals surface area contributed by atoms with E-state index in [9.17, 15) is 4.79 Å². The molecule has 0 saturated heterocycles. The minimum atomic E-state index is -0.985. The molecule has 1 heterocycles. The smallest absolute Gasteiger partial charge is 0.325 e. The number of aryl methyl sites for hydroxylation is 3. The van der Waals surface area contributed by atoms with Gasteiger partial charge in [0.05, 0.1) is 7.11 Å². The van der Waals surface area contributed by atoms with E-state index in [2.05, 4.69) is 14.8 Å². The van der Waals surface area contributed by atoms with Crippen LogP contribution >= 0.6 is 0 Å². The third-order valence-corrected chi connectivity index (χ3v) is 2.46. The van der Waals surface area contributed by atoms with E-state index in [0.29, 0.717) is 18.8 Å². The van der Waals surface area contributed by atoms with Crippen LogP contribution in [0.1, 0.15) is 25.0 Å². The summed E-state index contributed by atoms with van der Waals surface area (Å²) in [6, 6.07) is 0. The lowest BCUT2D eigenvalue weighted by Gasteiger charge is -2.21. The topological polar surface area (TPSA) is 83.0 Å². The van der Waals surface area contributed by atoms with Gasteiger partial charge in [-0.05, 0) is 27.2 Å². The Bertz CT molecular complexity index is 384. The fraction of sp³-hybridized carbons (Fsp3) is 0.700. The number of hydrogen-bond acceptors (Lipinski definition) is 5. The summed E-state index contributed by atoms with van der Waals surface area (Å²) in [6.45, 7) is 5.89. The maximum Gasteiger partial charge on any atom is 0.325 e. The number of nitrogens with zero attached hydrogens (tertiary/aromatic N) is 3. The number of ether oxygens (including phenoxy) is 1. The first kappa shape index (κ1) is 12.6. The van der Waals surface area contributed by atoms with Crippen LogP contribution in [-0.2, 0) is 16.1 Å². The number of rotatable bonds is 4. The van der Waals surface area contributed by atoms with Gasteiger partial charge < -0.3 is 10.5 Å². The second kappa shape index (κ2) is 4.61. The molecule has 0 radical (unpaired) electrons. The highest BCUT2D eigenvalue weighted by Crippen LogP contribution is 2.10. The van der Waals surface area contributed by atoms with Crippen LogP contribution in [0.4, 0.5) is 0 Å². The van der Waals surface area contributed by atoms with Crippen LogP contribution in [0.25, 0.3) is 0 Å². The lowest BCUT2D eigenvalue weighted by Crippen LogP contribution is -2.46. The fourth-order valence-corrected chi connectivity index (χ4v) is 1.45. The highest BCUT2D eigenvalue weighted by Gasteiger charge is 2.29. The van der Waals surface area contributed by atoms with E-state index in [0.717, 1.165) is 5.82 Å². The van der Waals surface area contributed by atoms with E-state index in [-0.39, 0.29) is 0 Å². The molecule has 0 aliphatic heterocycles. The van der Waals surface area contributed by atoms with Crippen molar-refractivity contribution < 1.29 is 9.53 Å². The van der Waals surface area contributed by atoms with Gasteiger partial charge in [0.15, 0.2) is 0 Å². The van der Waals surface area contributed by atoms with E-state index in [1.165, 1.54) is 7.11 Å². The van der Waals surface area contributed by atoms with Crippen LogP contribution in [0.3, 0.4) is 0 Å². The molecule has 0 aliphatic rings. The largest absolute Gasteiger partial charge is 0.468 e. The number of carbonyl (C=O) groups excluding carboxylic acids is 1. The highest BCUT2D eigenvalue weighted by atomic mass is 16.5. The van der Waals surface area contributed by atoms with Gasteiger partial charge in [-0.25, -0.2) is 4.98 Å². The first-order chi connectivity index (χ1) is 7.36. The van der Waals surface area contributed by atoms with Crippen molar-refractivity contribution in [1.82, 2.24) is 14.8 Å². The SMILES string of the molecule is COC(=O)C(C)(N)CCn1nc(C)nc1C. The molecule has 6 heteroatoms. The predicted molar refractivity (Wildman–Crippen MR) is 58.7 cm³/mol. The molecule has 6 nitrogen and oxygen atoms in total. The van der Waals surface area contributed by atoms with Crippen molar-refractivity contribution in [2.24, 2.45) is 5.73 Å². The zero-order valence-electron chi connectivity index (χ0n) is 10.1. The van der Waals surface area contributed by atoms with Gasteiger partial charge in [0.2, 0.25) is 0 Å². The quantitative estimate of drug-likeness (QED) is 0.740. The van der Waals surface area contributed by atoms with Gasteiger partial charge in [0.1, 0.15) is 17.2 Å². The molecule has 0 aliphatic carbocycles. The minimum absolute atomic E-state index is 0.415. The Balaban J connectivity index is 2.64. The molecule has 1 atom stereocenters. The van der Waals surface area contributed by atoms with E-state index >= 15 is 0 Å². The molecule has 0 aromatic carbocycles. The molecule has 0 bridgehead atoms. The Morgan fingerprint density at radius 3 is 2.62 bits per heavy atom. The van der Waals surface area contributed by atoms with E-state index in [1.807, 2.05) is 13.8 Å². The van der Waals surface area contributed by atoms with Crippen molar-refractivity contribution in [3.8, 4) is 0 Å². The number of methoxy groups -OCH3 is 1. The monoisotopic (exact) mass is 226 g/mol. The molecule has 2 N–H and O–H groups in total. The van der Waals surface area contributed by atoms with Crippen LogP contribution in [0, 0.1) is 13.8 Å². The molecule has 90 valence electrons. The summed E-state index contributed by atoms with van der Waals surface area (Å²) >= 11 is 0. The first-order valence-electron chi connectivity index (χ1n) is 5.12. The van der Waals surface area contributed by atoms with Crippen molar-refractivity contribution in [3.05, 3.63) is 11.6 Å². The second-order valence-corrected chi connectivity index (χ2v) is 4.09. The van der Waals surface area contributed by atoms with Gasteiger partial charge in [0, 0.05) is 6.54 Å². The summed E-state index contributed by atoms with van der Waals surface area (Å²) in [5.41, 5.74) is 4.85. The fourth-order valence-electron chi connectivity index (χ4n) is 1.45. The lowest BCUT2D eigenvalue weighted by molar-refractivity contribution is -0.146. The summed E-state index contributed by atoms with van der Waals surface area (Å²) in [5, 5.41) is 4.20. The molecule has 1 aromatic rings. The second-order valence-electron chi connectivity index (χ2n) is 4.09. The Hall–Kier alpha value is -1.43. The molecule has 16 heavy (non-hydrogen) atoms. The zero-order chi connectivity index (χ0) is 12.3. The van der Waals surface area contributed by atoms with Crippen LogP contribution in [0.5, 0.6) is 0 Å². The van der Waals surface area contributed by atoms with Crippen molar-refractivity contribution in [2.45, 2.75) is 39.3 Å². The lowest BCUT2D eigenvalue weighted by atomic mass is 10.00. The number of esters is 1. The number of carbonyl (C=O) groups is 1. The molecular formula is C10H18N4O2. The zero-order valence-corrected chi connectivity index (χ0v) is 10.1. The summed E-state index contributed by atoms with van der Waals surface area (Å²) in [5.74, 6) is 1.12. The summed E-state index contributed by atoms with van der Waals surface area (Å²) in [7, 11) is 1.33. The number of aromatic nitrogens is 3. The molecule has 1 rings (SSSR count). The molecule has 0 saturated carbocycles. The Morgan fingerprint density at radius 1 is 1.56 bits per heavy atom. The average Bonchev–Trinajstić information content (AvgIpc) is 2.53. The van der Waals surface area contributed by atoms with Crippen LogP contribution in [0.15, 0.2) is 0 Å². The molecule has 0 amide bonds. The Kier molecular flexibility index (Phi) is 3.64. The number of hydrogen-bond donors (Lipinski definition) is 1. The maximum atomic E-state index is 11.4. The van der Waals surface area contributed by atoms with Gasteiger partial charge in [-0.3, -0.25) is 9.48 Å². The van der Waals surface area contributed by atoms with E-state index < -0.39 is 11.5 Å². The minimum Gasteiger partial charge on any atom is -0.468 e. The normalized spacial score (nSPS) is 14.6. The van der Waals surface area contributed by atoms with Crippen LogP contribution in [-0.4, -0.2) is 33.4 Å². The van der Waals surface area contributed by atoms with Crippen molar-refractivity contribution in [2.75, 3.05) is 7.11 Å². The maximum absolute atomic E-state index is 11.4. The molecule has 0 spiro atoms. The van der Waals surface area contributed by atoms with Crippen molar-refractivity contribution >= 4 is 5.97 Å². The van der Waals surface area contributed by atoms with Gasteiger partial charge in [-0.2, -0.15) is 5.10 Å². The molecular weight excluding hydrogens is 208 g/mol. The van der Waals surface area contributed by atoms with Crippen molar-refractivity contribution in [1.29, 1.82) is 0 Å². The van der Waals surface area contributed by atoms with Gasteiger partial charge >= 0.3 is 5.97 Å². The van der Waals surface area contributed by atoms with Gasteiger partial charge in [-0.15, -0.1) is 0 Å². The standard InChI is InChI=1S/C10H18N4O2/c1-7-12-8(2)14(13-7)6-5-10(3,11)9(15)16-4/h5-6,11H2,1-4H3. The Morgan fingerprint density at radius 2 is 2.19 bits per heavy atom. The summed E-state index contributed by atoms with van der Waals surface area (Å²) < 4.78 is 6.37. The third-order valence-electron chi connectivity index (χ3n) is 2.46. The summed E-state index contributed by atoms with van der Waals surface area (Å²) in [6.07, 6.45) is 0.462. The van der Waals surface area contributed by atoms with E-state index in [4.69, 9.17) is 5.73 Å². The average molecular weight is 226 g/mol. The van der Waals surface area contributed by atoms with Crippen LogP contribution in [0.2, 0.25) is 0 Å². The van der Waals surface area contributed by atoms with Gasteiger partial charge in [-0.1, -0.05) is 0 Å². The van der Waals surface area contributed by atoms with Crippen LogP contribution < -0.4 is 5.73 Å². The van der Waals surface area contributed by atoms with Crippen molar-refractivity contribution in [3.63, 3.8) is 0 Å². The third kappa shape index (κ3) is 2.79. The highest BCUT2D eigenvalue weighted by molar-refractivity contribution is 5.79. The van der Waals surface area contributed by atoms with Gasteiger partial charge in [0.25, 0.3) is 0 Å². The predicted octanol–water partition coefficient (Wildman–Crippen LogP) is 0.175.